The van der Waals surface area contributed by atoms with E-state index in [0.29, 0.717) is 22.7 Å². The van der Waals surface area contributed by atoms with Gasteiger partial charge in [0, 0.05) is 44.0 Å². The first-order chi connectivity index (χ1) is 13.1. The van der Waals surface area contributed by atoms with E-state index in [4.69, 9.17) is 0 Å². The molecule has 0 bridgehead atoms. The normalized spacial score (nSPS) is 15.4. The van der Waals surface area contributed by atoms with E-state index < -0.39 is 0 Å². The molecule has 1 fully saturated rings. The predicted octanol–water partition coefficient (Wildman–Crippen LogP) is 2.37. The van der Waals surface area contributed by atoms with Crippen molar-refractivity contribution in [3.63, 3.8) is 0 Å². The number of benzene rings is 1. The highest BCUT2D eigenvalue weighted by Gasteiger charge is 2.13. The molecule has 2 heterocycles. The summed E-state index contributed by atoms with van der Waals surface area (Å²) in [7, 11) is 2.15. The van der Waals surface area contributed by atoms with Crippen molar-refractivity contribution in [2.75, 3.05) is 51.6 Å². The van der Waals surface area contributed by atoms with Crippen LogP contribution in [0.3, 0.4) is 0 Å². The Morgan fingerprint density at radius 1 is 1.04 bits per heavy atom. The molecule has 0 radical (unpaired) electrons. The van der Waals surface area contributed by atoms with Crippen LogP contribution in [0.5, 0.6) is 0 Å². The van der Waals surface area contributed by atoms with Gasteiger partial charge in [0.05, 0.1) is 4.88 Å². The van der Waals surface area contributed by atoms with E-state index in [-0.39, 0.29) is 11.8 Å². The molecule has 1 aliphatic rings. The molecule has 2 amide bonds. The minimum absolute atomic E-state index is 0.0792. The number of anilines is 1. The molecule has 1 saturated heterocycles. The topological polar surface area (TPSA) is 64.7 Å². The zero-order chi connectivity index (χ0) is 19.1. The first kappa shape index (κ1) is 19.5. The zero-order valence-electron chi connectivity index (χ0n) is 15.6. The van der Waals surface area contributed by atoms with Gasteiger partial charge in [0.15, 0.2) is 0 Å². The van der Waals surface area contributed by atoms with Crippen LogP contribution >= 0.6 is 11.3 Å². The quantitative estimate of drug-likeness (QED) is 0.717. The molecular weight excluding hydrogens is 360 g/mol. The Hall–Kier alpha value is -2.22. The molecule has 1 aromatic heterocycles. The van der Waals surface area contributed by atoms with Crippen LogP contribution in [0.25, 0.3) is 0 Å². The van der Waals surface area contributed by atoms with Crippen LogP contribution in [-0.4, -0.2) is 67.9 Å². The van der Waals surface area contributed by atoms with E-state index in [1.165, 1.54) is 11.3 Å². The number of carbonyl (C=O) groups is 2. The predicted molar refractivity (Wildman–Crippen MR) is 110 cm³/mol. The summed E-state index contributed by atoms with van der Waals surface area (Å²) < 4.78 is 0. The van der Waals surface area contributed by atoms with Crippen LogP contribution in [0.2, 0.25) is 0 Å². The summed E-state index contributed by atoms with van der Waals surface area (Å²) in [6.07, 6.45) is 0.949. The molecule has 3 rings (SSSR count). The van der Waals surface area contributed by atoms with Gasteiger partial charge in [0.25, 0.3) is 11.8 Å². The Kier molecular flexibility index (Phi) is 6.98. The Morgan fingerprint density at radius 2 is 1.78 bits per heavy atom. The van der Waals surface area contributed by atoms with E-state index in [1.807, 2.05) is 11.4 Å². The standard InChI is InChI=1S/C20H26N4O2S/c1-23-11-13-24(14-12-23)10-3-9-21-19(25)16-5-7-17(8-6-16)22-20(26)18-4-2-15-27-18/h2,4-8,15H,3,9-14H2,1H3,(H,21,25)(H,22,26). The van der Waals surface area contributed by atoms with E-state index in [2.05, 4.69) is 27.5 Å². The van der Waals surface area contributed by atoms with Crippen molar-refractivity contribution in [1.29, 1.82) is 0 Å². The Balaban J connectivity index is 1.39. The van der Waals surface area contributed by atoms with Crippen molar-refractivity contribution in [1.82, 2.24) is 15.1 Å². The summed E-state index contributed by atoms with van der Waals surface area (Å²) >= 11 is 1.40. The Morgan fingerprint density at radius 3 is 2.44 bits per heavy atom. The van der Waals surface area contributed by atoms with E-state index in [9.17, 15) is 9.59 Å². The molecule has 0 saturated carbocycles. The summed E-state index contributed by atoms with van der Waals surface area (Å²) in [5.41, 5.74) is 1.28. The number of likely N-dealkylation sites (N-methyl/N-ethyl adjacent to an activating group) is 1. The lowest BCUT2D eigenvalue weighted by Crippen LogP contribution is -2.45. The Labute approximate surface area is 164 Å². The highest BCUT2D eigenvalue weighted by Crippen LogP contribution is 2.14. The molecular formula is C20H26N4O2S. The molecule has 1 aromatic carbocycles. The maximum absolute atomic E-state index is 12.2. The Bertz CT molecular complexity index is 738. The smallest absolute Gasteiger partial charge is 0.265 e. The number of thiophene rings is 1. The van der Waals surface area contributed by atoms with Gasteiger partial charge in [-0.2, -0.15) is 0 Å². The van der Waals surface area contributed by atoms with Crippen molar-refractivity contribution in [3.8, 4) is 0 Å². The summed E-state index contributed by atoms with van der Waals surface area (Å²) in [5, 5.41) is 7.67. The van der Waals surface area contributed by atoms with Gasteiger partial charge in [-0.25, -0.2) is 0 Å². The van der Waals surface area contributed by atoms with Crippen LogP contribution in [0, 0.1) is 0 Å². The third kappa shape index (κ3) is 5.89. The van der Waals surface area contributed by atoms with Crippen LogP contribution in [0.1, 0.15) is 26.5 Å². The van der Waals surface area contributed by atoms with Crippen LogP contribution in [0.15, 0.2) is 41.8 Å². The first-order valence-electron chi connectivity index (χ1n) is 9.26. The third-order valence-corrected chi connectivity index (χ3v) is 5.55. The number of hydrogen-bond donors (Lipinski definition) is 2. The van der Waals surface area contributed by atoms with Gasteiger partial charge in [-0.1, -0.05) is 6.07 Å². The fraction of sp³-hybridized carbons (Fsp3) is 0.400. The average molecular weight is 387 g/mol. The van der Waals surface area contributed by atoms with Gasteiger partial charge < -0.3 is 20.4 Å². The van der Waals surface area contributed by atoms with Gasteiger partial charge in [-0.3, -0.25) is 9.59 Å². The summed E-state index contributed by atoms with van der Waals surface area (Å²) in [6, 6.07) is 10.6. The summed E-state index contributed by atoms with van der Waals surface area (Å²) in [5.74, 6) is -0.212. The van der Waals surface area contributed by atoms with Crippen LogP contribution in [-0.2, 0) is 0 Å². The minimum Gasteiger partial charge on any atom is -0.352 e. The zero-order valence-corrected chi connectivity index (χ0v) is 16.4. The van der Waals surface area contributed by atoms with Crippen molar-refractivity contribution in [2.45, 2.75) is 6.42 Å². The second-order valence-electron chi connectivity index (χ2n) is 6.76. The van der Waals surface area contributed by atoms with Crippen molar-refractivity contribution >= 4 is 28.8 Å². The maximum Gasteiger partial charge on any atom is 0.265 e. The summed E-state index contributed by atoms with van der Waals surface area (Å²) in [6.45, 7) is 6.11. The fourth-order valence-corrected chi connectivity index (χ4v) is 3.60. The summed E-state index contributed by atoms with van der Waals surface area (Å²) in [4.78, 5) is 29.7. The molecule has 2 aromatic rings. The first-order valence-corrected chi connectivity index (χ1v) is 10.1. The molecule has 0 unspecified atom stereocenters. The lowest BCUT2D eigenvalue weighted by molar-refractivity contribution is 0.0949. The van der Waals surface area contributed by atoms with Crippen molar-refractivity contribution in [2.24, 2.45) is 0 Å². The second kappa shape index (κ2) is 9.64. The van der Waals surface area contributed by atoms with Gasteiger partial charge in [-0.15, -0.1) is 11.3 Å². The van der Waals surface area contributed by atoms with Gasteiger partial charge >= 0.3 is 0 Å². The van der Waals surface area contributed by atoms with E-state index in [0.717, 1.165) is 39.1 Å². The monoisotopic (exact) mass is 386 g/mol. The lowest BCUT2D eigenvalue weighted by Gasteiger charge is -2.32. The second-order valence-corrected chi connectivity index (χ2v) is 7.71. The molecule has 0 spiro atoms. The van der Waals surface area contributed by atoms with Crippen molar-refractivity contribution in [3.05, 3.63) is 52.2 Å². The van der Waals surface area contributed by atoms with Gasteiger partial charge in [0.1, 0.15) is 0 Å². The number of carbonyl (C=O) groups excluding carboxylic acids is 2. The van der Waals surface area contributed by atoms with E-state index >= 15 is 0 Å². The fourth-order valence-electron chi connectivity index (χ4n) is 2.98. The SMILES string of the molecule is CN1CCN(CCCNC(=O)c2ccc(NC(=O)c3cccs3)cc2)CC1. The van der Waals surface area contributed by atoms with Crippen LogP contribution in [0.4, 0.5) is 5.69 Å². The largest absolute Gasteiger partial charge is 0.352 e. The molecule has 7 heteroatoms. The van der Waals surface area contributed by atoms with E-state index in [1.54, 1.807) is 30.3 Å². The van der Waals surface area contributed by atoms with Gasteiger partial charge in [0.2, 0.25) is 0 Å². The maximum atomic E-state index is 12.2. The molecule has 1 aliphatic heterocycles. The molecule has 27 heavy (non-hydrogen) atoms. The number of piperazine rings is 1. The third-order valence-electron chi connectivity index (χ3n) is 4.68. The molecule has 6 nitrogen and oxygen atoms in total. The average Bonchev–Trinajstić information content (AvgIpc) is 3.22. The number of amides is 2. The van der Waals surface area contributed by atoms with Gasteiger partial charge in [-0.05, 0) is 55.7 Å². The number of nitrogens with zero attached hydrogens (tertiary/aromatic N) is 2. The van der Waals surface area contributed by atoms with Crippen LogP contribution < -0.4 is 10.6 Å². The highest BCUT2D eigenvalue weighted by molar-refractivity contribution is 7.12. The number of rotatable bonds is 7. The molecule has 144 valence electrons. The molecule has 2 N–H and O–H groups in total. The highest BCUT2D eigenvalue weighted by atomic mass is 32.1. The number of hydrogen-bond acceptors (Lipinski definition) is 5. The molecule has 0 atom stereocenters. The molecule has 0 aliphatic carbocycles. The van der Waals surface area contributed by atoms with Crippen molar-refractivity contribution < 1.29 is 9.59 Å². The lowest BCUT2D eigenvalue weighted by atomic mass is 10.2. The minimum atomic E-state index is -0.133. The number of nitrogens with one attached hydrogen (secondary N) is 2.